The largest absolute Gasteiger partial charge is 0.465 e. The number of rotatable bonds is 4. The molecule has 0 amide bonds. The van der Waals surface area contributed by atoms with Crippen LogP contribution >= 0.6 is 15.9 Å². The van der Waals surface area contributed by atoms with Gasteiger partial charge >= 0.3 is 17.9 Å². The van der Waals surface area contributed by atoms with Crippen molar-refractivity contribution in [3.63, 3.8) is 0 Å². The number of carbonyl (C=O) groups excluding carboxylic acids is 3. The molecule has 0 aromatic carbocycles. The first-order valence-corrected chi connectivity index (χ1v) is 14.4. The summed E-state index contributed by atoms with van der Waals surface area (Å²) in [5.41, 5.74) is -2.43. The van der Waals surface area contributed by atoms with Crippen LogP contribution in [0.3, 0.4) is 0 Å². The molecule has 0 saturated heterocycles. The fourth-order valence-corrected chi connectivity index (χ4v) is 9.37. The molecule has 1 N–H and O–H groups in total. The highest BCUT2D eigenvalue weighted by Crippen LogP contribution is 2.68. The molecule has 4 aliphatic rings. The van der Waals surface area contributed by atoms with E-state index in [9.17, 15) is 19.5 Å². The summed E-state index contributed by atoms with van der Waals surface area (Å²) in [5, 5.41) is 12.3. The van der Waals surface area contributed by atoms with E-state index < -0.39 is 16.4 Å². The average molecular weight is 572 g/mol. The molecule has 0 aliphatic heterocycles. The van der Waals surface area contributed by atoms with Crippen molar-refractivity contribution in [2.24, 2.45) is 34.0 Å². The monoisotopic (exact) mass is 570 g/mol. The van der Waals surface area contributed by atoms with E-state index in [2.05, 4.69) is 22.9 Å². The molecule has 0 unspecified atom stereocenters. The summed E-state index contributed by atoms with van der Waals surface area (Å²) in [4.78, 5) is 36.2. The van der Waals surface area contributed by atoms with E-state index in [0.29, 0.717) is 31.1 Å². The second-order valence-electron chi connectivity index (χ2n) is 13.2. The molecule has 204 valence electrons. The maximum Gasteiger partial charge on any atom is 0.311 e. The van der Waals surface area contributed by atoms with Crippen molar-refractivity contribution in [3.8, 4) is 0 Å². The van der Waals surface area contributed by atoms with Crippen LogP contribution in [-0.2, 0) is 28.6 Å². The number of hydrogen-bond donors (Lipinski definition) is 1. The third-order valence-electron chi connectivity index (χ3n) is 10.1. The van der Waals surface area contributed by atoms with Crippen molar-refractivity contribution in [2.75, 3.05) is 6.61 Å². The first-order chi connectivity index (χ1) is 16.6. The topological polar surface area (TPSA) is 99.1 Å². The van der Waals surface area contributed by atoms with E-state index in [1.807, 2.05) is 20.8 Å². The lowest BCUT2D eigenvalue weighted by Gasteiger charge is -2.65. The number of halogens is 1. The Kier molecular flexibility index (Phi) is 7.39. The van der Waals surface area contributed by atoms with Crippen LogP contribution in [0.4, 0.5) is 0 Å². The first-order valence-electron chi connectivity index (χ1n) is 13.5. The normalized spacial score (nSPS) is 44.0. The number of carbonyl (C=O) groups is 3. The fraction of sp³-hybridized carbons (Fsp3) is 0.893. The number of ether oxygens (including phenoxy) is 3. The summed E-state index contributed by atoms with van der Waals surface area (Å²) in [5.74, 6) is 0.00236. The smallest absolute Gasteiger partial charge is 0.311 e. The summed E-state index contributed by atoms with van der Waals surface area (Å²) in [6, 6.07) is 0. The van der Waals surface area contributed by atoms with E-state index >= 15 is 0 Å². The Morgan fingerprint density at radius 3 is 2.28 bits per heavy atom. The minimum atomic E-state index is -1.16. The molecule has 36 heavy (non-hydrogen) atoms. The lowest BCUT2D eigenvalue weighted by molar-refractivity contribution is -0.243. The second kappa shape index (κ2) is 9.55. The van der Waals surface area contributed by atoms with Gasteiger partial charge in [-0.3, -0.25) is 14.4 Å². The Balaban J connectivity index is 1.65. The second-order valence-corrected chi connectivity index (χ2v) is 14.3. The lowest BCUT2D eigenvalue weighted by Crippen LogP contribution is -2.70. The van der Waals surface area contributed by atoms with Gasteiger partial charge in [0.2, 0.25) is 0 Å². The van der Waals surface area contributed by atoms with Crippen molar-refractivity contribution < 1.29 is 33.7 Å². The first kappa shape index (κ1) is 27.9. The highest BCUT2D eigenvalue weighted by Gasteiger charge is 2.70. The van der Waals surface area contributed by atoms with Crippen molar-refractivity contribution in [1.29, 1.82) is 0 Å². The van der Waals surface area contributed by atoms with Crippen LogP contribution < -0.4 is 0 Å². The summed E-state index contributed by atoms with van der Waals surface area (Å²) in [7, 11) is 0. The molecule has 0 aromatic heterocycles. The molecule has 0 spiro atoms. The Bertz CT molecular complexity index is 899. The van der Waals surface area contributed by atoms with Crippen molar-refractivity contribution in [1.82, 2.24) is 0 Å². The van der Waals surface area contributed by atoms with Crippen LogP contribution in [0.15, 0.2) is 0 Å². The van der Waals surface area contributed by atoms with Crippen LogP contribution in [0, 0.1) is 34.0 Å². The van der Waals surface area contributed by atoms with Crippen LogP contribution in [-0.4, -0.2) is 52.3 Å². The molecule has 9 atom stereocenters. The zero-order chi connectivity index (χ0) is 26.7. The molecular formula is C28H43BrO7. The van der Waals surface area contributed by atoms with Crippen LogP contribution in [0.2, 0.25) is 0 Å². The number of esters is 3. The molecule has 0 heterocycles. The molecule has 4 saturated carbocycles. The van der Waals surface area contributed by atoms with Gasteiger partial charge in [-0.05, 0) is 83.5 Å². The number of fused-ring (bicyclic) bond motifs is 5. The van der Waals surface area contributed by atoms with E-state index in [-0.39, 0.29) is 52.9 Å². The number of aliphatic hydroxyl groups is 1. The van der Waals surface area contributed by atoms with Gasteiger partial charge in [-0.2, -0.15) is 0 Å². The van der Waals surface area contributed by atoms with Gasteiger partial charge in [0.1, 0.15) is 12.2 Å². The fourth-order valence-electron chi connectivity index (χ4n) is 8.29. The zero-order valence-corrected chi connectivity index (χ0v) is 24.2. The van der Waals surface area contributed by atoms with E-state index in [1.54, 1.807) is 0 Å². The van der Waals surface area contributed by atoms with Gasteiger partial charge in [0.05, 0.1) is 17.6 Å². The van der Waals surface area contributed by atoms with Crippen molar-refractivity contribution >= 4 is 33.8 Å². The van der Waals surface area contributed by atoms with E-state index in [0.717, 1.165) is 32.1 Å². The predicted octanol–water partition coefficient (Wildman–Crippen LogP) is 4.95. The molecule has 0 bridgehead atoms. The summed E-state index contributed by atoms with van der Waals surface area (Å²) >= 11 is 3.86. The number of alkyl halides is 1. The van der Waals surface area contributed by atoms with Crippen molar-refractivity contribution in [2.45, 2.75) is 116 Å². The standard InChI is InChI=1S/C28H43BrO7/c1-16(30)34-15-27-12-9-18(35-17(2)31)14-28(27,33)22(29)13-19-20-7-8-23(36-24(32)25(3,4)5)26(20,6)11-10-21(19)27/h18-23,33H,7-15H2,1-6H3/t18-,19-,20-,21-,22-,23-,26-,27-,28+/m0/s1. The Hall–Kier alpha value is -1.15. The molecule has 4 fully saturated rings. The van der Waals surface area contributed by atoms with Gasteiger partial charge in [-0.25, -0.2) is 0 Å². The van der Waals surface area contributed by atoms with Gasteiger partial charge in [-0.15, -0.1) is 0 Å². The molecule has 0 aromatic rings. The highest BCUT2D eigenvalue weighted by molar-refractivity contribution is 9.09. The minimum Gasteiger partial charge on any atom is -0.465 e. The molecule has 7 nitrogen and oxygen atoms in total. The Morgan fingerprint density at radius 2 is 1.67 bits per heavy atom. The zero-order valence-electron chi connectivity index (χ0n) is 22.6. The quantitative estimate of drug-likeness (QED) is 0.290. The summed E-state index contributed by atoms with van der Waals surface area (Å²) in [6.07, 6.45) is 5.56. The van der Waals surface area contributed by atoms with Gasteiger partial charge in [0.15, 0.2) is 0 Å². The molecule has 0 radical (unpaired) electrons. The third-order valence-corrected chi connectivity index (χ3v) is 11.2. The van der Waals surface area contributed by atoms with Crippen LogP contribution in [0.5, 0.6) is 0 Å². The maximum atomic E-state index is 12.8. The predicted molar refractivity (Wildman–Crippen MR) is 137 cm³/mol. The summed E-state index contributed by atoms with van der Waals surface area (Å²) in [6.45, 7) is 10.9. The van der Waals surface area contributed by atoms with Crippen LogP contribution in [0.1, 0.15) is 92.9 Å². The minimum absolute atomic E-state index is 0.103. The Labute approximate surface area is 223 Å². The average Bonchev–Trinajstić information content (AvgIpc) is 3.08. The van der Waals surface area contributed by atoms with E-state index in [1.165, 1.54) is 13.8 Å². The SMILES string of the molecule is CC(=O)OC[C@]12CC[C@H](OC(C)=O)C[C@@]1(O)[C@@H](Br)C[C@H]1[C@@H]3CC[C@H](OC(=O)C(C)(C)C)[C@@]3(C)CC[C@@H]12. The van der Waals surface area contributed by atoms with Gasteiger partial charge in [-0.1, -0.05) is 22.9 Å². The molecule has 4 rings (SSSR count). The van der Waals surface area contributed by atoms with Crippen LogP contribution in [0.25, 0.3) is 0 Å². The molecular weight excluding hydrogens is 528 g/mol. The van der Waals surface area contributed by atoms with Gasteiger partial charge < -0.3 is 19.3 Å². The van der Waals surface area contributed by atoms with Gasteiger partial charge in [0, 0.05) is 35.9 Å². The Morgan fingerprint density at radius 1 is 0.972 bits per heavy atom. The van der Waals surface area contributed by atoms with E-state index in [4.69, 9.17) is 14.2 Å². The van der Waals surface area contributed by atoms with Crippen molar-refractivity contribution in [3.05, 3.63) is 0 Å². The number of hydrogen-bond acceptors (Lipinski definition) is 7. The highest BCUT2D eigenvalue weighted by atomic mass is 79.9. The molecule has 4 aliphatic carbocycles. The summed E-state index contributed by atoms with van der Waals surface area (Å²) < 4.78 is 17.3. The lowest BCUT2D eigenvalue weighted by atomic mass is 9.43. The van der Waals surface area contributed by atoms with Gasteiger partial charge in [0.25, 0.3) is 0 Å². The third kappa shape index (κ3) is 4.52. The molecule has 8 heteroatoms. The maximum absolute atomic E-state index is 12.8.